The quantitative estimate of drug-likeness (QED) is 0.611. The van der Waals surface area contributed by atoms with Gasteiger partial charge in [0.15, 0.2) is 0 Å². The van der Waals surface area contributed by atoms with Crippen molar-refractivity contribution >= 4 is 5.69 Å². The minimum absolute atomic E-state index is 0.275. The molecule has 0 N–H and O–H groups in total. The predicted molar refractivity (Wildman–Crippen MR) is 63.7 cm³/mol. The highest BCUT2D eigenvalue weighted by molar-refractivity contribution is 5.35. The van der Waals surface area contributed by atoms with Crippen LogP contribution in [-0.2, 0) is 11.3 Å². The van der Waals surface area contributed by atoms with Crippen LogP contribution in [0.2, 0.25) is 0 Å². The Morgan fingerprint density at radius 1 is 1.61 bits per heavy atom. The van der Waals surface area contributed by atoms with Crippen LogP contribution in [0.5, 0.6) is 0 Å². The Hall–Kier alpha value is -1.53. The van der Waals surface area contributed by atoms with Crippen molar-refractivity contribution in [3.8, 4) is 0 Å². The van der Waals surface area contributed by atoms with Crippen molar-refractivity contribution in [1.29, 1.82) is 0 Å². The fraction of sp³-hybridized carbons (Fsp3) is 0.500. The number of nitrogens with zero attached hydrogens (tertiary/aromatic N) is 2. The highest BCUT2D eigenvalue weighted by atomic mass is 19.1. The van der Waals surface area contributed by atoms with E-state index in [1.54, 1.807) is 6.07 Å². The second-order valence-corrected chi connectivity index (χ2v) is 4.44. The van der Waals surface area contributed by atoms with E-state index < -0.39 is 16.4 Å². The first-order valence-electron chi connectivity index (χ1n) is 5.82. The maximum Gasteiger partial charge on any atom is 0.304 e. The molecule has 1 aromatic carbocycles. The van der Waals surface area contributed by atoms with E-state index in [2.05, 4.69) is 4.90 Å². The third-order valence-corrected chi connectivity index (χ3v) is 3.10. The molecule has 6 heteroatoms. The summed E-state index contributed by atoms with van der Waals surface area (Å²) in [6, 6.07) is 4.33. The van der Waals surface area contributed by atoms with Gasteiger partial charge in [0.1, 0.15) is 0 Å². The van der Waals surface area contributed by atoms with E-state index in [4.69, 9.17) is 4.74 Å². The second kappa shape index (κ2) is 5.41. The molecule has 0 aromatic heterocycles. The molecule has 5 nitrogen and oxygen atoms in total. The maximum absolute atomic E-state index is 13.5. The molecule has 1 unspecified atom stereocenters. The Labute approximate surface area is 104 Å². The van der Waals surface area contributed by atoms with E-state index in [9.17, 15) is 14.5 Å². The summed E-state index contributed by atoms with van der Waals surface area (Å²) in [5, 5.41) is 10.5. The van der Waals surface area contributed by atoms with Crippen LogP contribution in [0, 0.1) is 15.9 Å². The zero-order valence-corrected chi connectivity index (χ0v) is 10.1. The lowest BCUT2D eigenvalue weighted by molar-refractivity contribution is -0.387. The van der Waals surface area contributed by atoms with Crippen molar-refractivity contribution < 1.29 is 14.1 Å². The van der Waals surface area contributed by atoms with Gasteiger partial charge in [0.05, 0.1) is 18.1 Å². The molecule has 1 aromatic rings. The van der Waals surface area contributed by atoms with Gasteiger partial charge in [-0.3, -0.25) is 15.0 Å². The molecule has 1 atom stereocenters. The van der Waals surface area contributed by atoms with Gasteiger partial charge in [-0.25, -0.2) is 0 Å². The molecule has 0 radical (unpaired) electrons. The number of ether oxygens (including phenoxy) is 1. The highest BCUT2D eigenvalue weighted by Gasteiger charge is 2.20. The molecule has 0 bridgehead atoms. The van der Waals surface area contributed by atoms with Crippen LogP contribution in [0.15, 0.2) is 18.2 Å². The number of hydrogen-bond acceptors (Lipinski definition) is 4. The SMILES string of the molecule is CC1COCCN1Cc1ccc([N+](=O)[O-])c(F)c1. The topological polar surface area (TPSA) is 55.6 Å². The lowest BCUT2D eigenvalue weighted by atomic mass is 10.1. The molecule has 98 valence electrons. The van der Waals surface area contributed by atoms with Gasteiger partial charge in [0.2, 0.25) is 5.82 Å². The minimum atomic E-state index is -0.779. The molecule has 0 saturated carbocycles. The van der Waals surface area contributed by atoms with E-state index in [1.807, 2.05) is 6.92 Å². The molecule has 0 aliphatic carbocycles. The van der Waals surface area contributed by atoms with Crippen molar-refractivity contribution in [1.82, 2.24) is 4.90 Å². The molecule has 0 amide bonds. The fourth-order valence-corrected chi connectivity index (χ4v) is 2.03. The Morgan fingerprint density at radius 2 is 2.39 bits per heavy atom. The number of hydrogen-bond donors (Lipinski definition) is 0. The Bertz CT molecular complexity index is 453. The fourth-order valence-electron chi connectivity index (χ4n) is 2.03. The van der Waals surface area contributed by atoms with Crippen LogP contribution in [0.4, 0.5) is 10.1 Å². The number of morpholine rings is 1. The lowest BCUT2D eigenvalue weighted by Gasteiger charge is -2.33. The van der Waals surface area contributed by atoms with Crippen molar-refractivity contribution in [3.63, 3.8) is 0 Å². The molecule has 18 heavy (non-hydrogen) atoms. The second-order valence-electron chi connectivity index (χ2n) is 4.44. The molecule has 0 spiro atoms. The summed E-state index contributed by atoms with van der Waals surface area (Å²) < 4.78 is 18.8. The molecule has 1 aliphatic heterocycles. The number of nitro benzene ring substituents is 1. The van der Waals surface area contributed by atoms with Crippen molar-refractivity contribution in [2.45, 2.75) is 19.5 Å². The average Bonchev–Trinajstić information content (AvgIpc) is 2.32. The first-order valence-corrected chi connectivity index (χ1v) is 5.82. The first-order chi connectivity index (χ1) is 8.58. The van der Waals surface area contributed by atoms with Gasteiger partial charge < -0.3 is 4.74 Å². The van der Waals surface area contributed by atoms with Crippen LogP contribution in [0.1, 0.15) is 12.5 Å². The van der Waals surface area contributed by atoms with Gasteiger partial charge in [-0.2, -0.15) is 4.39 Å². The summed E-state index contributed by atoms with van der Waals surface area (Å²) in [7, 11) is 0. The Kier molecular flexibility index (Phi) is 3.88. The van der Waals surface area contributed by atoms with E-state index in [0.29, 0.717) is 19.8 Å². The molecule has 1 heterocycles. The molecule has 1 saturated heterocycles. The van der Waals surface area contributed by atoms with Gasteiger partial charge in [0, 0.05) is 25.2 Å². The average molecular weight is 254 g/mol. The van der Waals surface area contributed by atoms with Gasteiger partial charge in [-0.15, -0.1) is 0 Å². The summed E-state index contributed by atoms with van der Waals surface area (Å²) in [5.74, 6) is -0.779. The van der Waals surface area contributed by atoms with Gasteiger partial charge in [-0.1, -0.05) is 6.07 Å². The first kappa shape index (κ1) is 12.9. The minimum Gasteiger partial charge on any atom is -0.379 e. The Morgan fingerprint density at radius 3 is 3.00 bits per heavy atom. The van der Waals surface area contributed by atoms with E-state index >= 15 is 0 Å². The van der Waals surface area contributed by atoms with Crippen LogP contribution in [0.25, 0.3) is 0 Å². The molecular formula is C12H15FN2O3. The van der Waals surface area contributed by atoms with Crippen LogP contribution < -0.4 is 0 Å². The molecule has 1 aliphatic rings. The summed E-state index contributed by atoms with van der Waals surface area (Å²) in [4.78, 5) is 12.0. The third-order valence-electron chi connectivity index (χ3n) is 3.10. The van der Waals surface area contributed by atoms with Gasteiger partial charge in [0.25, 0.3) is 0 Å². The molecule has 1 fully saturated rings. The Balaban J connectivity index is 2.10. The van der Waals surface area contributed by atoms with Crippen molar-refractivity contribution in [3.05, 3.63) is 39.7 Å². The monoisotopic (exact) mass is 254 g/mol. The summed E-state index contributed by atoms with van der Waals surface area (Å²) in [5.41, 5.74) is 0.264. The smallest absolute Gasteiger partial charge is 0.304 e. The largest absolute Gasteiger partial charge is 0.379 e. The summed E-state index contributed by atoms with van der Waals surface area (Å²) in [6.07, 6.45) is 0. The zero-order chi connectivity index (χ0) is 13.1. The number of benzene rings is 1. The van der Waals surface area contributed by atoms with E-state index in [1.165, 1.54) is 12.1 Å². The number of rotatable bonds is 3. The summed E-state index contributed by atoms with van der Waals surface area (Å²) in [6.45, 7) is 4.75. The summed E-state index contributed by atoms with van der Waals surface area (Å²) >= 11 is 0. The van der Waals surface area contributed by atoms with Crippen LogP contribution >= 0.6 is 0 Å². The van der Waals surface area contributed by atoms with Crippen molar-refractivity contribution in [2.24, 2.45) is 0 Å². The van der Waals surface area contributed by atoms with E-state index in [0.717, 1.165) is 12.1 Å². The third kappa shape index (κ3) is 2.83. The van der Waals surface area contributed by atoms with Crippen LogP contribution in [0.3, 0.4) is 0 Å². The van der Waals surface area contributed by atoms with Gasteiger partial charge in [-0.05, 0) is 18.6 Å². The lowest BCUT2D eigenvalue weighted by Crippen LogP contribution is -2.42. The maximum atomic E-state index is 13.5. The van der Waals surface area contributed by atoms with Gasteiger partial charge >= 0.3 is 5.69 Å². The number of halogens is 1. The highest BCUT2D eigenvalue weighted by Crippen LogP contribution is 2.20. The van der Waals surface area contributed by atoms with E-state index in [-0.39, 0.29) is 6.04 Å². The standard InChI is InChI=1S/C12H15FN2O3/c1-9-8-18-5-4-14(9)7-10-2-3-12(15(16)17)11(13)6-10/h2-3,6,9H,4-5,7-8H2,1H3. The predicted octanol–water partition coefficient (Wildman–Crippen LogP) is 1.95. The van der Waals surface area contributed by atoms with Crippen molar-refractivity contribution in [2.75, 3.05) is 19.8 Å². The zero-order valence-electron chi connectivity index (χ0n) is 10.1. The van der Waals surface area contributed by atoms with Crippen LogP contribution in [-0.4, -0.2) is 35.6 Å². The molecular weight excluding hydrogens is 239 g/mol. The molecule has 2 rings (SSSR count). The number of nitro groups is 1. The normalized spacial score (nSPS) is 20.9.